The van der Waals surface area contributed by atoms with E-state index in [2.05, 4.69) is 43.0 Å². The maximum atomic E-state index is 14.0. The number of halogens is 2. The first kappa shape index (κ1) is 15.0. The number of H-pyrrole nitrogens is 1. The van der Waals surface area contributed by atoms with E-state index in [1.54, 1.807) is 18.2 Å². The van der Waals surface area contributed by atoms with E-state index in [-0.39, 0.29) is 5.82 Å². The molecule has 5 heteroatoms. The minimum atomic E-state index is -0.314. The smallest absolute Gasteiger partial charge is 0.163 e. The van der Waals surface area contributed by atoms with Crippen LogP contribution in [0.1, 0.15) is 11.3 Å². The summed E-state index contributed by atoms with van der Waals surface area (Å²) in [6.07, 6.45) is 2.55. The minimum Gasteiger partial charge on any atom is -0.363 e. The molecule has 1 N–H and O–H groups in total. The van der Waals surface area contributed by atoms with Crippen LogP contribution in [0.2, 0.25) is 0 Å². The average Bonchev–Trinajstić information content (AvgIpc) is 3.02. The molecule has 2 aromatic carbocycles. The lowest BCUT2D eigenvalue weighted by Gasteiger charge is -2.06. The van der Waals surface area contributed by atoms with Crippen molar-refractivity contribution in [2.24, 2.45) is 0 Å². The molecular weight excluding hydrogens is 369 g/mol. The highest BCUT2D eigenvalue weighted by atomic mass is 79.9. The van der Waals surface area contributed by atoms with Crippen LogP contribution in [0.5, 0.6) is 0 Å². The molecule has 2 aliphatic rings. The molecule has 0 saturated carbocycles. The van der Waals surface area contributed by atoms with Crippen molar-refractivity contribution in [2.75, 3.05) is 0 Å². The van der Waals surface area contributed by atoms with Gasteiger partial charge in [0.1, 0.15) is 11.5 Å². The van der Waals surface area contributed by atoms with Crippen LogP contribution in [0.4, 0.5) is 4.39 Å². The molecule has 0 amide bonds. The van der Waals surface area contributed by atoms with Crippen LogP contribution < -0.4 is 0 Å². The van der Waals surface area contributed by atoms with Crippen LogP contribution in [0.15, 0.2) is 65.3 Å². The van der Waals surface area contributed by atoms with E-state index in [1.807, 2.05) is 24.4 Å². The second-order valence-corrected chi connectivity index (χ2v) is 6.44. The van der Waals surface area contributed by atoms with Crippen LogP contribution in [0, 0.1) is 5.82 Å². The Morgan fingerprint density at radius 2 is 1.75 bits per heavy atom. The number of fused-ring (bicyclic) bond motifs is 1. The van der Waals surface area contributed by atoms with Gasteiger partial charge in [-0.25, -0.2) is 14.4 Å². The summed E-state index contributed by atoms with van der Waals surface area (Å²) in [5, 5.41) is 0. The Bertz CT molecular complexity index is 963. The molecule has 3 nitrogen and oxygen atoms in total. The average molecular weight is 382 g/mol. The third-order valence-corrected chi connectivity index (χ3v) is 4.41. The van der Waals surface area contributed by atoms with Gasteiger partial charge in [0.15, 0.2) is 5.82 Å². The van der Waals surface area contributed by atoms with Crippen LogP contribution in [0.25, 0.3) is 22.8 Å². The molecule has 0 aromatic heterocycles. The highest BCUT2D eigenvalue weighted by molar-refractivity contribution is 9.10. The normalized spacial score (nSPS) is 11.1. The lowest BCUT2D eigenvalue weighted by atomic mass is 10.1. The fourth-order valence-electron chi connectivity index (χ4n) is 2.69. The largest absolute Gasteiger partial charge is 0.363 e. The van der Waals surface area contributed by atoms with Crippen LogP contribution in [-0.4, -0.2) is 15.0 Å². The summed E-state index contributed by atoms with van der Waals surface area (Å²) in [7, 11) is 0. The monoisotopic (exact) mass is 381 g/mol. The molecule has 0 fully saturated rings. The lowest BCUT2D eigenvalue weighted by molar-refractivity contribution is 0.630. The van der Waals surface area contributed by atoms with Gasteiger partial charge in [0, 0.05) is 22.8 Å². The maximum Gasteiger partial charge on any atom is 0.163 e. The van der Waals surface area contributed by atoms with Gasteiger partial charge in [0.2, 0.25) is 0 Å². The molecule has 0 atom stereocenters. The maximum absolute atomic E-state index is 14.0. The molecule has 2 heterocycles. The van der Waals surface area contributed by atoms with Crippen molar-refractivity contribution in [2.45, 2.75) is 6.42 Å². The Labute approximate surface area is 147 Å². The molecule has 0 aliphatic carbocycles. The van der Waals surface area contributed by atoms with Crippen LogP contribution >= 0.6 is 15.9 Å². The molecule has 0 spiro atoms. The van der Waals surface area contributed by atoms with E-state index in [0.717, 1.165) is 27.1 Å². The molecule has 0 unspecified atom stereocenters. The van der Waals surface area contributed by atoms with Gasteiger partial charge >= 0.3 is 0 Å². The number of rotatable bonds is 3. The number of nitrogens with zero attached hydrogens (tertiary/aromatic N) is 2. The zero-order valence-corrected chi connectivity index (χ0v) is 14.2. The molecule has 0 saturated heterocycles. The number of pyridine rings is 1. The Kier molecular flexibility index (Phi) is 3.86. The first-order valence-electron chi connectivity index (χ1n) is 7.54. The molecule has 2 aliphatic heterocycles. The van der Waals surface area contributed by atoms with Gasteiger partial charge in [-0.05, 0) is 35.9 Å². The van der Waals surface area contributed by atoms with Crippen molar-refractivity contribution in [3.05, 3.63) is 82.3 Å². The van der Waals surface area contributed by atoms with E-state index < -0.39 is 0 Å². The molecule has 118 valence electrons. The third-order valence-electron chi connectivity index (χ3n) is 3.88. The molecule has 0 bridgehead atoms. The number of nitrogens with one attached hydrogen (secondary N) is 1. The van der Waals surface area contributed by atoms with Crippen LogP contribution in [-0.2, 0) is 6.42 Å². The number of hydrogen-bond donors (Lipinski definition) is 1. The predicted molar refractivity (Wildman–Crippen MR) is 95.3 cm³/mol. The van der Waals surface area contributed by atoms with Crippen molar-refractivity contribution < 1.29 is 4.39 Å². The number of imidazole rings is 1. The van der Waals surface area contributed by atoms with Crippen molar-refractivity contribution in [3.63, 3.8) is 0 Å². The molecular formula is C19H13BrFN3. The molecule has 24 heavy (non-hydrogen) atoms. The number of aromatic nitrogens is 3. The highest BCUT2D eigenvalue weighted by Gasteiger charge is 2.18. The predicted octanol–water partition coefficient (Wildman–Crippen LogP) is 5.07. The summed E-state index contributed by atoms with van der Waals surface area (Å²) >= 11 is 3.44. The summed E-state index contributed by atoms with van der Waals surface area (Å²) in [5.74, 6) is 0.103. The summed E-state index contributed by atoms with van der Waals surface area (Å²) < 4.78 is 15.0. The lowest BCUT2D eigenvalue weighted by Crippen LogP contribution is -1.96. The van der Waals surface area contributed by atoms with E-state index >= 15 is 0 Å². The van der Waals surface area contributed by atoms with E-state index in [4.69, 9.17) is 0 Å². The third kappa shape index (κ3) is 2.83. The summed E-state index contributed by atoms with van der Waals surface area (Å²) in [5.41, 5.74) is 4.09. The van der Waals surface area contributed by atoms with Crippen LogP contribution in [0.3, 0.4) is 0 Å². The number of hydrogen-bond acceptors (Lipinski definition) is 2. The molecule has 4 rings (SSSR count). The standard InChI is InChI=1S/C19H13BrFN3/c20-13-7-5-12(6-8-13)11-17-18-16(9-10-22-17)23-19(24-18)14-3-1-2-4-15(14)21/h1-10,22H,11H2. The summed E-state index contributed by atoms with van der Waals surface area (Å²) in [6, 6.07) is 16.6. The Balaban J connectivity index is 1.76. The van der Waals surface area contributed by atoms with Gasteiger partial charge in [-0.15, -0.1) is 0 Å². The second kappa shape index (κ2) is 6.17. The molecule has 2 aromatic rings. The van der Waals surface area contributed by atoms with Crippen molar-refractivity contribution >= 4 is 15.9 Å². The van der Waals surface area contributed by atoms with Gasteiger partial charge in [-0.2, -0.15) is 0 Å². The quantitative estimate of drug-likeness (QED) is 0.538. The fourth-order valence-corrected chi connectivity index (χ4v) is 2.95. The topological polar surface area (TPSA) is 41.6 Å². The van der Waals surface area contributed by atoms with Gasteiger partial charge in [-0.1, -0.05) is 40.2 Å². The Hall–Kier alpha value is -2.53. The first-order chi connectivity index (χ1) is 11.7. The van der Waals surface area contributed by atoms with E-state index in [1.165, 1.54) is 6.07 Å². The van der Waals surface area contributed by atoms with Gasteiger partial charge in [0.05, 0.1) is 11.3 Å². The summed E-state index contributed by atoms with van der Waals surface area (Å²) in [6.45, 7) is 0. The zero-order valence-electron chi connectivity index (χ0n) is 12.6. The van der Waals surface area contributed by atoms with Crippen molar-refractivity contribution in [1.29, 1.82) is 0 Å². The fraction of sp³-hybridized carbons (Fsp3) is 0.0526. The number of benzene rings is 2. The molecule has 0 radical (unpaired) electrons. The van der Waals surface area contributed by atoms with Crippen molar-refractivity contribution in [1.82, 2.24) is 15.0 Å². The summed E-state index contributed by atoms with van der Waals surface area (Å²) in [4.78, 5) is 12.3. The van der Waals surface area contributed by atoms with Gasteiger partial charge in [-0.3, -0.25) is 0 Å². The van der Waals surface area contributed by atoms with Gasteiger partial charge < -0.3 is 4.98 Å². The highest BCUT2D eigenvalue weighted by Crippen LogP contribution is 2.29. The SMILES string of the molecule is Fc1ccccc1-c1nc2cc[nH]c(Cc3ccc(Br)cc3)c-2n1. The second-order valence-electron chi connectivity index (χ2n) is 5.52. The Morgan fingerprint density at radius 1 is 0.958 bits per heavy atom. The van der Waals surface area contributed by atoms with E-state index in [9.17, 15) is 4.39 Å². The van der Waals surface area contributed by atoms with Gasteiger partial charge in [0.25, 0.3) is 0 Å². The zero-order chi connectivity index (χ0) is 16.5. The van der Waals surface area contributed by atoms with Crippen molar-refractivity contribution in [3.8, 4) is 22.8 Å². The first-order valence-corrected chi connectivity index (χ1v) is 8.33. The number of aromatic amines is 1. The van der Waals surface area contributed by atoms with E-state index in [0.29, 0.717) is 17.8 Å². The minimum absolute atomic E-state index is 0.314. The Morgan fingerprint density at radius 3 is 2.54 bits per heavy atom.